The van der Waals surface area contributed by atoms with Gasteiger partial charge in [-0.3, -0.25) is 4.79 Å². The van der Waals surface area contributed by atoms with Crippen LogP contribution in [0.15, 0.2) is 24.5 Å². The van der Waals surface area contributed by atoms with Crippen LogP contribution in [0.25, 0.3) is 0 Å². The Morgan fingerprint density at radius 3 is 2.95 bits per heavy atom. The fraction of sp³-hybridized carbons (Fsp3) is 0.308. The zero-order chi connectivity index (χ0) is 13.7. The summed E-state index contributed by atoms with van der Waals surface area (Å²) in [6, 6.07) is 3.50. The van der Waals surface area contributed by atoms with Crippen LogP contribution in [0.5, 0.6) is 0 Å². The van der Waals surface area contributed by atoms with Crippen molar-refractivity contribution in [2.24, 2.45) is 0 Å². The number of anilines is 1. The van der Waals surface area contributed by atoms with Crippen molar-refractivity contribution in [2.75, 3.05) is 18.9 Å². The molecule has 0 saturated carbocycles. The summed E-state index contributed by atoms with van der Waals surface area (Å²) in [6.45, 7) is 2.41. The van der Waals surface area contributed by atoms with Crippen LogP contribution in [-0.2, 0) is 6.42 Å². The van der Waals surface area contributed by atoms with Crippen molar-refractivity contribution in [1.82, 2.24) is 20.3 Å². The van der Waals surface area contributed by atoms with Gasteiger partial charge < -0.3 is 15.6 Å². The quantitative estimate of drug-likeness (QED) is 0.751. The van der Waals surface area contributed by atoms with Gasteiger partial charge in [-0.2, -0.15) is 0 Å². The van der Waals surface area contributed by atoms with Gasteiger partial charge in [0.1, 0.15) is 11.6 Å². The number of nitrogens with one attached hydrogen (secondary N) is 3. The Labute approximate surface area is 111 Å². The van der Waals surface area contributed by atoms with Crippen molar-refractivity contribution >= 4 is 11.7 Å². The summed E-state index contributed by atoms with van der Waals surface area (Å²) in [5.41, 5.74) is 1.42. The van der Waals surface area contributed by atoms with Crippen LogP contribution in [0.4, 0.5) is 5.82 Å². The number of nitrogens with zero attached hydrogens (tertiary/aromatic N) is 2. The van der Waals surface area contributed by atoms with E-state index >= 15 is 0 Å². The molecule has 3 N–H and O–H groups in total. The predicted molar refractivity (Wildman–Crippen MR) is 73.1 cm³/mol. The number of pyridine rings is 1. The van der Waals surface area contributed by atoms with E-state index in [-0.39, 0.29) is 5.91 Å². The van der Waals surface area contributed by atoms with Crippen LogP contribution in [0.1, 0.15) is 21.9 Å². The summed E-state index contributed by atoms with van der Waals surface area (Å²) < 4.78 is 0. The zero-order valence-electron chi connectivity index (χ0n) is 11.0. The number of hydrogen-bond donors (Lipinski definition) is 3. The lowest BCUT2D eigenvalue weighted by atomic mass is 10.2. The first-order valence-corrected chi connectivity index (χ1v) is 6.12. The largest absolute Gasteiger partial charge is 0.373 e. The molecule has 0 aliphatic rings. The van der Waals surface area contributed by atoms with Gasteiger partial charge >= 0.3 is 0 Å². The van der Waals surface area contributed by atoms with E-state index in [1.807, 2.05) is 6.92 Å². The predicted octanol–water partition coefficient (Wildman–Crippen LogP) is 1.13. The first kappa shape index (κ1) is 13.1. The highest BCUT2D eigenvalue weighted by molar-refractivity contribution is 5.94. The molecule has 2 heterocycles. The maximum absolute atomic E-state index is 12.0. The van der Waals surface area contributed by atoms with Gasteiger partial charge in [-0.25, -0.2) is 9.97 Å². The molecule has 0 saturated heterocycles. The molecule has 1 amide bonds. The van der Waals surface area contributed by atoms with Gasteiger partial charge in [0.05, 0.1) is 0 Å². The molecule has 6 heteroatoms. The number of amides is 1. The molecule has 2 rings (SSSR count). The average Bonchev–Trinajstić information content (AvgIpc) is 2.91. The molecular formula is C13H17N5O. The number of hydrogen-bond acceptors (Lipinski definition) is 4. The molecule has 0 fully saturated rings. The lowest BCUT2D eigenvalue weighted by Gasteiger charge is -2.07. The molecule has 19 heavy (non-hydrogen) atoms. The average molecular weight is 259 g/mol. The molecule has 2 aromatic rings. The number of aryl methyl sites for hydroxylation is 1. The molecule has 0 radical (unpaired) electrons. The summed E-state index contributed by atoms with van der Waals surface area (Å²) in [5, 5.41) is 5.80. The van der Waals surface area contributed by atoms with Gasteiger partial charge in [-0.05, 0) is 19.1 Å². The molecule has 0 unspecified atom stereocenters. The highest BCUT2D eigenvalue weighted by Gasteiger charge is 2.08. The molecule has 100 valence electrons. The van der Waals surface area contributed by atoms with Gasteiger partial charge in [-0.15, -0.1) is 0 Å². The second-order valence-corrected chi connectivity index (χ2v) is 4.17. The normalized spacial score (nSPS) is 10.2. The Morgan fingerprint density at radius 1 is 1.42 bits per heavy atom. The summed E-state index contributed by atoms with van der Waals surface area (Å²) in [5.74, 6) is 1.45. The zero-order valence-corrected chi connectivity index (χ0v) is 11.0. The third-order valence-corrected chi connectivity index (χ3v) is 2.67. The van der Waals surface area contributed by atoms with E-state index in [9.17, 15) is 4.79 Å². The molecule has 0 spiro atoms. The molecule has 0 atom stereocenters. The van der Waals surface area contributed by atoms with Gasteiger partial charge in [0.15, 0.2) is 0 Å². The van der Waals surface area contributed by atoms with Crippen molar-refractivity contribution in [3.8, 4) is 0 Å². The lowest BCUT2D eigenvalue weighted by molar-refractivity contribution is 0.0954. The van der Waals surface area contributed by atoms with Crippen LogP contribution < -0.4 is 10.6 Å². The second kappa shape index (κ2) is 5.99. The van der Waals surface area contributed by atoms with E-state index in [1.165, 1.54) is 0 Å². The van der Waals surface area contributed by atoms with Crippen molar-refractivity contribution < 1.29 is 4.79 Å². The number of rotatable bonds is 5. The number of aromatic nitrogens is 3. The topological polar surface area (TPSA) is 82.7 Å². The first-order valence-electron chi connectivity index (χ1n) is 6.12. The SMILES string of the molecule is CNc1cc(C(=O)NCCc2ncc[nH]2)cc(C)n1. The summed E-state index contributed by atoms with van der Waals surface area (Å²) in [4.78, 5) is 23.3. The molecule has 2 aromatic heterocycles. The van der Waals surface area contributed by atoms with Crippen LogP contribution in [0.3, 0.4) is 0 Å². The smallest absolute Gasteiger partial charge is 0.251 e. The molecule has 6 nitrogen and oxygen atoms in total. The summed E-state index contributed by atoms with van der Waals surface area (Å²) in [6.07, 6.45) is 4.15. The van der Waals surface area contributed by atoms with E-state index in [2.05, 4.69) is 25.6 Å². The van der Waals surface area contributed by atoms with Crippen LogP contribution in [0.2, 0.25) is 0 Å². The summed E-state index contributed by atoms with van der Waals surface area (Å²) >= 11 is 0. The maximum Gasteiger partial charge on any atom is 0.251 e. The van der Waals surface area contributed by atoms with Crippen molar-refractivity contribution in [3.05, 3.63) is 41.6 Å². The van der Waals surface area contributed by atoms with Crippen molar-refractivity contribution in [1.29, 1.82) is 0 Å². The Morgan fingerprint density at radius 2 is 2.26 bits per heavy atom. The van der Waals surface area contributed by atoms with E-state index in [1.54, 1.807) is 31.6 Å². The number of carbonyl (C=O) groups is 1. The van der Waals surface area contributed by atoms with E-state index in [0.29, 0.717) is 24.3 Å². The maximum atomic E-state index is 12.0. The van der Waals surface area contributed by atoms with Gasteiger partial charge in [0, 0.05) is 43.7 Å². The van der Waals surface area contributed by atoms with Gasteiger partial charge in [0.25, 0.3) is 5.91 Å². The van der Waals surface area contributed by atoms with E-state index in [4.69, 9.17) is 0 Å². The van der Waals surface area contributed by atoms with Crippen molar-refractivity contribution in [2.45, 2.75) is 13.3 Å². The fourth-order valence-corrected chi connectivity index (χ4v) is 1.76. The minimum absolute atomic E-state index is 0.103. The Hall–Kier alpha value is -2.37. The second-order valence-electron chi connectivity index (χ2n) is 4.17. The van der Waals surface area contributed by atoms with E-state index in [0.717, 1.165) is 11.5 Å². The van der Waals surface area contributed by atoms with Crippen LogP contribution in [0, 0.1) is 6.92 Å². The van der Waals surface area contributed by atoms with E-state index < -0.39 is 0 Å². The highest BCUT2D eigenvalue weighted by Crippen LogP contribution is 2.09. The third kappa shape index (κ3) is 3.54. The molecule has 0 aliphatic heterocycles. The fourth-order valence-electron chi connectivity index (χ4n) is 1.76. The Bertz CT molecular complexity index is 550. The van der Waals surface area contributed by atoms with Crippen LogP contribution >= 0.6 is 0 Å². The number of aromatic amines is 1. The monoisotopic (exact) mass is 259 g/mol. The minimum atomic E-state index is -0.103. The van der Waals surface area contributed by atoms with Crippen LogP contribution in [-0.4, -0.2) is 34.5 Å². The van der Waals surface area contributed by atoms with Gasteiger partial charge in [0.2, 0.25) is 0 Å². The van der Waals surface area contributed by atoms with Crippen molar-refractivity contribution in [3.63, 3.8) is 0 Å². The molecular weight excluding hydrogens is 242 g/mol. The summed E-state index contributed by atoms with van der Waals surface area (Å²) in [7, 11) is 1.78. The van der Waals surface area contributed by atoms with Gasteiger partial charge in [-0.1, -0.05) is 0 Å². The standard InChI is InChI=1S/C13H17N5O/c1-9-7-10(8-12(14-2)18-9)13(19)17-4-3-11-15-5-6-16-11/h5-8H,3-4H2,1-2H3,(H,14,18)(H,15,16)(H,17,19). The number of imidazole rings is 1. The minimum Gasteiger partial charge on any atom is -0.373 e. The Balaban J connectivity index is 1.94. The Kier molecular flexibility index (Phi) is 4.12. The molecule has 0 aromatic carbocycles. The number of H-pyrrole nitrogens is 1. The molecule has 0 bridgehead atoms. The first-order chi connectivity index (χ1) is 9.19. The third-order valence-electron chi connectivity index (χ3n) is 2.67. The molecule has 0 aliphatic carbocycles. The lowest BCUT2D eigenvalue weighted by Crippen LogP contribution is -2.26. The highest BCUT2D eigenvalue weighted by atomic mass is 16.1. The number of carbonyl (C=O) groups excluding carboxylic acids is 1.